The Bertz CT molecular complexity index is 638. The van der Waals surface area contributed by atoms with Crippen molar-refractivity contribution in [2.75, 3.05) is 0 Å². The molecule has 0 radical (unpaired) electrons. The summed E-state index contributed by atoms with van der Waals surface area (Å²) in [5, 5.41) is 8.09. The predicted molar refractivity (Wildman–Crippen MR) is 78.5 cm³/mol. The van der Waals surface area contributed by atoms with Crippen LogP contribution in [0.25, 0.3) is 0 Å². The van der Waals surface area contributed by atoms with E-state index in [9.17, 15) is 0 Å². The molecule has 98 valence electrons. The van der Waals surface area contributed by atoms with Crippen molar-refractivity contribution < 1.29 is 4.74 Å². The molecule has 0 amide bonds. The van der Waals surface area contributed by atoms with E-state index in [1.54, 1.807) is 18.2 Å². The van der Waals surface area contributed by atoms with E-state index in [0.29, 0.717) is 22.1 Å². The van der Waals surface area contributed by atoms with Crippen LogP contribution in [0.1, 0.15) is 16.7 Å². The summed E-state index contributed by atoms with van der Waals surface area (Å²) < 4.78 is 5.78. The molecule has 3 N–H and O–H groups in total. The Balaban J connectivity index is 2.39. The van der Waals surface area contributed by atoms with Crippen molar-refractivity contribution in [3.63, 3.8) is 0 Å². The minimum Gasteiger partial charge on any atom is -0.457 e. The fourth-order valence-electron chi connectivity index (χ4n) is 1.71. The summed E-state index contributed by atoms with van der Waals surface area (Å²) in [6.45, 7) is 4.06. The second-order valence-electron chi connectivity index (χ2n) is 4.40. The fraction of sp³-hybridized carbons (Fsp3) is 0.133. The first kappa shape index (κ1) is 13.4. The van der Waals surface area contributed by atoms with Gasteiger partial charge in [-0.15, -0.1) is 0 Å². The van der Waals surface area contributed by atoms with Gasteiger partial charge in [0.2, 0.25) is 0 Å². The van der Waals surface area contributed by atoms with Crippen molar-refractivity contribution in [3.8, 4) is 11.5 Å². The van der Waals surface area contributed by atoms with Gasteiger partial charge in [0.05, 0.1) is 5.56 Å². The summed E-state index contributed by atoms with van der Waals surface area (Å²) in [5.74, 6) is 1.15. The lowest BCUT2D eigenvalue weighted by atomic mass is 10.1. The molecular weight excluding hydrogens is 260 g/mol. The highest BCUT2D eigenvalue weighted by molar-refractivity contribution is 6.30. The molecule has 0 saturated heterocycles. The van der Waals surface area contributed by atoms with Gasteiger partial charge in [-0.25, -0.2) is 0 Å². The number of halogens is 1. The zero-order valence-corrected chi connectivity index (χ0v) is 11.6. The third-order valence-corrected chi connectivity index (χ3v) is 3.18. The molecule has 2 rings (SSSR count). The van der Waals surface area contributed by atoms with E-state index >= 15 is 0 Å². The van der Waals surface area contributed by atoms with E-state index in [0.717, 1.165) is 5.56 Å². The van der Waals surface area contributed by atoms with Crippen LogP contribution in [0.3, 0.4) is 0 Å². The first-order valence-corrected chi connectivity index (χ1v) is 6.24. The Morgan fingerprint density at radius 2 is 1.84 bits per heavy atom. The number of nitrogens with two attached hydrogens (primary N) is 1. The first-order valence-electron chi connectivity index (χ1n) is 5.86. The monoisotopic (exact) mass is 274 g/mol. The van der Waals surface area contributed by atoms with Crippen molar-refractivity contribution in [2.24, 2.45) is 5.73 Å². The maximum atomic E-state index is 7.54. The van der Waals surface area contributed by atoms with E-state index in [2.05, 4.69) is 0 Å². The number of rotatable bonds is 3. The average molecular weight is 275 g/mol. The smallest absolute Gasteiger partial charge is 0.139 e. The standard InChI is InChI=1S/C15H15ClN2O/c1-9-3-5-12(7-10(9)2)19-14-8-11(16)4-6-13(14)15(17)18/h3-8H,1-2H3,(H3,17,18). The number of nitrogens with one attached hydrogen (secondary N) is 1. The van der Waals surface area contributed by atoms with E-state index in [4.69, 9.17) is 27.5 Å². The summed E-state index contributed by atoms with van der Waals surface area (Å²) in [6.07, 6.45) is 0. The zero-order chi connectivity index (χ0) is 14.0. The maximum Gasteiger partial charge on any atom is 0.139 e. The molecule has 0 fully saturated rings. The van der Waals surface area contributed by atoms with Crippen LogP contribution in [-0.4, -0.2) is 5.84 Å². The summed E-state index contributed by atoms with van der Waals surface area (Å²) in [7, 11) is 0. The predicted octanol–water partition coefficient (Wildman–Crippen LogP) is 4.03. The van der Waals surface area contributed by atoms with Crippen LogP contribution in [0, 0.1) is 19.3 Å². The van der Waals surface area contributed by atoms with Crippen LogP contribution in [0.15, 0.2) is 36.4 Å². The van der Waals surface area contributed by atoms with Gasteiger partial charge in [0.1, 0.15) is 17.3 Å². The summed E-state index contributed by atoms with van der Waals surface area (Å²) in [5.41, 5.74) is 8.40. The molecule has 0 bridgehead atoms. The molecule has 0 atom stereocenters. The number of aryl methyl sites for hydroxylation is 2. The minimum atomic E-state index is -0.0458. The second kappa shape index (κ2) is 5.33. The third-order valence-electron chi connectivity index (χ3n) is 2.94. The molecule has 2 aromatic carbocycles. The van der Waals surface area contributed by atoms with Gasteiger partial charge >= 0.3 is 0 Å². The largest absolute Gasteiger partial charge is 0.457 e. The van der Waals surface area contributed by atoms with Crippen LogP contribution < -0.4 is 10.5 Å². The summed E-state index contributed by atoms with van der Waals surface area (Å²) in [6, 6.07) is 10.8. The summed E-state index contributed by atoms with van der Waals surface area (Å²) >= 11 is 5.95. The number of nitrogen functional groups attached to an aromatic ring is 1. The maximum absolute atomic E-state index is 7.54. The van der Waals surface area contributed by atoms with Crippen molar-refractivity contribution in [1.29, 1.82) is 5.41 Å². The normalized spacial score (nSPS) is 10.3. The molecule has 0 aliphatic heterocycles. The molecule has 19 heavy (non-hydrogen) atoms. The van der Waals surface area contributed by atoms with Gasteiger partial charge in [0.15, 0.2) is 0 Å². The number of ether oxygens (including phenoxy) is 1. The molecule has 0 heterocycles. The van der Waals surface area contributed by atoms with Gasteiger partial charge in [-0.3, -0.25) is 5.41 Å². The lowest BCUT2D eigenvalue weighted by Crippen LogP contribution is -2.12. The van der Waals surface area contributed by atoms with E-state index in [-0.39, 0.29) is 5.84 Å². The van der Waals surface area contributed by atoms with E-state index < -0.39 is 0 Å². The van der Waals surface area contributed by atoms with Crippen LogP contribution in [0.2, 0.25) is 5.02 Å². The van der Waals surface area contributed by atoms with Crippen LogP contribution in [0.4, 0.5) is 0 Å². The number of hydrogen-bond acceptors (Lipinski definition) is 2. The molecule has 4 heteroatoms. The van der Waals surface area contributed by atoms with Gasteiger partial charge in [-0.1, -0.05) is 17.7 Å². The highest BCUT2D eigenvalue weighted by Gasteiger charge is 2.09. The molecule has 0 unspecified atom stereocenters. The number of hydrogen-bond donors (Lipinski definition) is 2. The van der Waals surface area contributed by atoms with Crippen LogP contribution >= 0.6 is 11.6 Å². The van der Waals surface area contributed by atoms with Gasteiger partial charge in [-0.2, -0.15) is 0 Å². The van der Waals surface area contributed by atoms with Crippen LogP contribution in [0.5, 0.6) is 11.5 Å². The van der Waals surface area contributed by atoms with Gasteiger partial charge in [0.25, 0.3) is 0 Å². The highest BCUT2D eigenvalue weighted by Crippen LogP contribution is 2.29. The highest BCUT2D eigenvalue weighted by atomic mass is 35.5. The second-order valence-corrected chi connectivity index (χ2v) is 4.84. The first-order chi connectivity index (χ1) is 8.97. The molecule has 3 nitrogen and oxygen atoms in total. The topological polar surface area (TPSA) is 59.1 Å². The Labute approximate surface area is 117 Å². The Kier molecular flexibility index (Phi) is 3.76. The lowest BCUT2D eigenvalue weighted by molar-refractivity contribution is 0.481. The quantitative estimate of drug-likeness (QED) is 0.656. The minimum absolute atomic E-state index is 0.0458. The fourth-order valence-corrected chi connectivity index (χ4v) is 1.87. The summed E-state index contributed by atoms with van der Waals surface area (Å²) in [4.78, 5) is 0. The van der Waals surface area contributed by atoms with E-state index in [1.165, 1.54) is 5.56 Å². The van der Waals surface area contributed by atoms with Gasteiger partial charge in [-0.05, 0) is 49.2 Å². The van der Waals surface area contributed by atoms with Gasteiger partial charge < -0.3 is 10.5 Å². The van der Waals surface area contributed by atoms with Crippen molar-refractivity contribution >= 4 is 17.4 Å². The molecule has 0 aromatic heterocycles. The van der Waals surface area contributed by atoms with E-state index in [1.807, 2.05) is 32.0 Å². The zero-order valence-electron chi connectivity index (χ0n) is 10.8. The molecule has 0 aliphatic carbocycles. The molecule has 0 aliphatic rings. The molecule has 2 aromatic rings. The average Bonchev–Trinajstić information content (AvgIpc) is 2.33. The molecular formula is C15H15ClN2O. The number of amidine groups is 1. The SMILES string of the molecule is Cc1ccc(Oc2cc(Cl)ccc2C(=N)N)cc1C. The van der Waals surface area contributed by atoms with Gasteiger partial charge in [0, 0.05) is 11.1 Å². The Morgan fingerprint density at radius 3 is 2.47 bits per heavy atom. The third kappa shape index (κ3) is 3.06. The van der Waals surface area contributed by atoms with Crippen molar-refractivity contribution in [1.82, 2.24) is 0 Å². The van der Waals surface area contributed by atoms with Crippen molar-refractivity contribution in [2.45, 2.75) is 13.8 Å². The number of benzene rings is 2. The van der Waals surface area contributed by atoms with Crippen molar-refractivity contribution in [3.05, 3.63) is 58.1 Å². The lowest BCUT2D eigenvalue weighted by Gasteiger charge is -2.12. The Morgan fingerprint density at radius 1 is 1.11 bits per heavy atom. The Hall–Kier alpha value is -2.00. The van der Waals surface area contributed by atoms with Crippen LogP contribution in [-0.2, 0) is 0 Å². The molecule has 0 spiro atoms. The molecule has 0 saturated carbocycles.